The van der Waals surface area contributed by atoms with Crippen LogP contribution in [0.1, 0.15) is 33.6 Å². The molecule has 0 aromatic heterocycles. The highest BCUT2D eigenvalue weighted by Crippen LogP contribution is 2.66. The van der Waals surface area contributed by atoms with E-state index in [1.807, 2.05) is 6.92 Å². The van der Waals surface area contributed by atoms with Gasteiger partial charge in [-0.05, 0) is 41.2 Å². The second kappa shape index (κ2) is 3.82. The molecule has 2 fully saturated rings. The number of aliphatic hydroxyl groups excluding tert-OH is 4. The van der Waals surface area contributed by atoms with Crippen molar-refractivity contribution in [3.8, 4) is 0 Å². The molecule has 3 aliphatic rings. The molecule has 0 bridgehead atoms. The zero-order valence-corrected chi connectivity index (χ0v) is 11.8. The van der Waals surface area contributed by atoms with E-state index in [2.05, 4.69) is 13.8 Å². The van der Waals surface area contributed by atoms with Crippen LogP contribution >= 0.6 is 0 Å². The summed E-state index contributed by atoms with van der Waals surface area (Å²) in [4.78, 5) is 0. The molecule has 4 N–H and O–H groups in total. The van der Waals surface area contributed by atoms with Gasteiger partial charge in [0.15, 0.2) is 0 Å². The lowest BCUT2D eigenvalue weighted by Gasteiger charge is -2.60. The van der Waals surface area contributed by atoms with Gasteiger partial charge >= 0.3 is 0 Å². The second-order valence-electron chi connectivity index (χ2n) is 7.56. The van der Waals surface area contributed by atoms with Crippen LogP contribution in [0.5, 0.6) is 0 Å². The normalized spacial score (nSPS) is 51.6. The number of hydrogen-bond acceptors (Lipinski definition) is 4. The van der Waals surface area contributed by atoms with E-state index in [0.717, 1.165) is 12.8 Å². The first-order chi connectivity index (χ1) is 8.74. The maximum Gasteiger partial charge on any atom is 0.103 e. The van der Waals surface area contributed by atoms with Crippen LogP contribution in [0.2, 0.25) is 0 Å². The van der Waals surface area contributed by atoms with E-state index >= 15 is 0 Å². The number of fused-ring (bicyclic) bond motifs is 3. The lowest BCUT2D eigenvalue weighted by molar-refractivity contribution is -0.149. The Morgan fingerprint density at radius 3 is 2.26 bits per heavy atom. The molecule has 0 aliphatic heterocycles. The summed E-state index contributed by atoms with van der Waals surface area (Å²) in [5.41, 5.74) is 0.887. The van der Waals surface area contributed by atoms with Crippen LogP contribution in [-0.4, -0.2) is 45.3 Å². The van der Waals surface area contributed by atoms with Crippen LogP contribution in [0.15, 0.2) is 11.1 Å². The highest BCUT2D eigenvalue weighted by molar-refractivity contribution is 5.44. The van der Waals surface area contributed by atoms with Gasteiger partial charge in [0.2, 0.25) is 0 Å². The Balaban J connectivity index is 2.10. The Kier molecular flexibility index (Phi) is 2.72. The minimum Gasteiger partial charge on any atom is -0.392 e. The fourth-order valence-electron chi connectivity index (χ4n) is 5.02. The SMILES string of the molecule is CC1(C)CC2C(O)C(CO)=C3C(O)C(O)C3(C)C2C1. The van der Waals surface area contributed by atoms with Gasteiger partial charge in [0.1, 0.15) is 6.10 Å². The third kappa shape index (κ3) is 1.49. The van der Waals surface area contributed by atoms with Gasteiger partial charge in [0.25, 0.3) is 0 Å². The molecule has 6 atom stereocenters. The van der Waals surface area contributed by atoms with Crippen molar-refractivity contribution in [3.05, 3.63) is 11.1 Å². The van der Waals surface area contributed by atoms with Crippen molar-refractivity contribution in [2.24, 2.45) is 22.7 Å². The molecular weight excluding hydrogens is 244 g/mol. The summed E-state index contributed by atoms with van der Waals surface area (Å²) in [6, 6.07) is 0. The Labute approximate surface area is 113 Å². The quantitative estimate of drug-likeness (QED) is 0.520. The third-order valence-electron chi connectivity index (χ3n) is 5.92. The number of hydrogen-bond donors (Lipinski definition) is 4. The van der Waals surface area contributed by atoms with E-state index in [1.165, 1.54) is 0 Å². The van der Waals surface area contributed by atoms with Gasteiger partial charge in [-0.3, -0.25) is 0 Å². The van der Waals surface area contributed by atoms with Crippen molar-refractivity contribution in [1.82, 2.24) is 0 Å². The summed E-state index contributed by atoms with van der Waals surface area (Å²) < 4.78 is 0. The van der Waals surface area contributed by atoms with Crippen molar-refractivity contribution >= 4 is 0 Å². The van der Waals surface area contributed by atoms with Gasteiger partial charge in [0, 0.05) is 5.41 Å². The average Bonchev–Trinajstić information content (AvgIpc) is 2.69. The van der Waals surface area contributed by atoms with E-state index in [1.54, 1.807) is 0 Å². The van der Waals surface area contributed by atoms with E-state index < -0.39 is 23.7 Å². The predicted octanol–water partition coefficient (Wildman–Crippen LogP) is 0.444. The molecule has 0 spiro atoms. The Morgan fingerprint density at radius 2 is 1.68 bits per heavy atom. The Hall–Kier alpha value is -0.420. The summed E-state index contributed by atoms with van der Waals surface area (Å²) in [5, 5.41) is 40.3. The molecule has 0 heterocycles. The van der Waals surface area contributed by atoms with E-state index in [0.29, 0.717) is 11.1 Å². The minimum atomic E-state index is -0.925. The van der Waals surface area contributed by atoms with Gasteiger partial charge < -0.3 is 20.4 Å². The summed E-state index contributed by atoms with van der Waals surface area (Å²) in [7, 11) is 0. The maximum atomic E-state index is 10.5. The number of aliphatic hydroxyl groups is 4. The van der Waals surface area contributed by atoms with E-state index in [-0.39, 0.29) is 23.9 Å². The number of rotatable bonds is 1. The lowest BCUT2D eigenvalue weighted by Crippen LogP contribution is -2.65. The monoisotopic (exact) mass is 268 g/mol. The fraction of sp³-hybridized carbons (Fsp3) is 0.867. The molecule has 108 valence electrons. The summed E-state index contributed by atoms with van der Waals surface area (Å²) in [6.45, 7) is 6.10. The van der Waals surface area contributed by atoms with E-state index in [4.69, 9.17) is 0 Å². The van der Waals surface area contributed by atoms with Crippen LogP contribution in [0, 0.1) is 22.7 Å². The van der Waals surface area contributed by atoms with Gasteiger partial charge in [-0.15, -0.1) is 0 Å². The van der Waals surface area contributed by atoms with Crippen molar-refractivity contribution in [1.29, 1.82) is 0 Å². The van der Waals surface area contributed by atoms with Crippen LogP contribution < -0.4 is 0 Å². The molecular formula is C15H24O4. The van der Waals surface area contributed by atoms with Crippen LogP contribution in [0.3, 0.4) is 0 Å². The van der Waals surface area contributed by atoms with Crippen molar-refractivity contribution in [3.63, 3.8) is 0 Å². The topological polar surface area (TPSA) is 80.9 Å². The molecule has 3 aliphatic carbocycles. The zero-order chi connectivity index (χ0) is 14.2. The molecule has 0 radical (unpaired) electrons. The highest BCUT2D eigenvalue weighted by Gasteiger charge is 2.66. The van der Waals surface area contributed by atoms with Gasteiger partial charge in [-0.25, -0.2) is 0 Å². The minimum absolute atomic E-state index is 0.0769. The summed E-state index contributed by atoms with van der Waals surface area (Å²) in [6.07, 6.45) is -0.544. The molecule has 6 unspecified atom stereocenters. The average molecular weight is 268 g/mol. The van der Waals surface area contributed by atoms with Crippen LogP contribution in [-0.2, 0) is 0 Å². The van der Waals surface area contributed by atoms with Crippen LogP contribution in [0.25, 0.3) is 0 Å². The molecule has 3 rings (SSSR count). The van der Waals surface area contributed by atoms with Gasteiger partial charge in [0.05, 0.1) is 18.8 Å². The molecule has 0 amide bonds. The summed E-state index contributed by atoms with van der Waals surface area (Å²) >= 11 is 0. The molecule has 19 heavy (non-hydrogen) atoms. The van der Waals surface area contributed by atoms with Crippen LogP contribution in [0.4, 0.5) is 0 Å². The molecule has 0 aromatic rings. The fourth-order valence-corrected chi connectivity index (χ4v) is 5.02. The molecule has 4 nitrogen and oxygen atoms in total. The first kappa shape index (κ1) is 13.6. The van der Waals surface area contributed by atoms with E-state index in [9.17, 15) is 20.4 Å². The first-order valence-corrected chi connectivity index (χ1v) is 7.12. The van der Waals surface area contributed by atoms with Gasteiger partial charge in [-0.2, -0.15) is 0 Å². The molecule has 4 heteroatoms. The largest absolute Gasteiger partial charge is 0.392 e. The Morgan fingerprint density at radius 1 is 1.05 bits per heavy atom. The second-order valence-corrected chi connectivity index (χ2v) is 7.56. The van der Waals surface area contributed by atoms with Gasteiger partial charge in [-0.1, -0.05) is 20.8 Å². The predicted molar refractivity (Wildman–Crippen MR) is 70.2 cm³/mol. The molecule has 0 saturated heterocycles. The molecule has 2 saturated carbocycles. The maximum absolute atomic E-state index is 10.5. The lowest BCUT2D eigenvalue weighted by atomic mass is 9.48. The first-order valence-electron chi connectivity index (χ1n) is 7.12. The van der Waals surface area contributed by atoms with Crippen molar-refractivity contribution < 1.29 is 20.4 Å². The zero-order valence-electron chi connectivity index (χ0n) is 11.8. The third-order valence-corrected chi connectivity index (χ3v) is 5.92. The summed E-state index contributed by atoms with van der Waals surface area (Å²) in [5.74, 6) is 0.259. The standard InChI is InChI=1S/C15H24O4/c1-14(2)4-7-9(5-14)15(3)10(12(18)13(15)19)8(6-16)11(7)17/h7,9,11-13,16-19H,4-6H2,1-3H3. The van der Waals surface area contributed by atoms with Crippen molar-refractivity contribution in [2.75, 3.05) is 6.61 Å². The highest BCUT2D eigenvalue weighted by atomic mass is 16.3. The Bertz CT molecular complexity index is 441. The smallest absolute Gasteiger partial charge is 0.103 e. The molecule has 0 aromatic carbocycles. The van der Waals surface area contributed by atoms with Crippen molar-refractivity contribution in [2.45, 2.75) is 51.9 Å².